The molecule has 126 valence electrons. The number of para-hydroxylation sites is 1. The molecule has 3 rings (SSSR count). The van der Waals surface area contributed by atoms with Gasteiger partial charge in [0.05, 0.1) is 0 Å². The number of anilines is 1. The van der Waals surface area contributed by atoms with Crippen molar-refractivity contribution >= 4 is 11.6 Å². The van der Waals surface area contributed by atoms with Crippen LogP contribution >= 0.6 is 0 Å². The first-order chi connectivity index (χ1) is 11.7. The summed E-state index contributed by atoms with van der Waals surface area (Å²) in [5, 5.41) is 2.99. The lowest BCUT2D eigenvalue weighted by Crippen LogP contribution is -2.31. The summed E-state index contributed by atoms with van der Waals surface area (Å²) in [6.07, 6.45) is 2.39. The maximum atomic E-state index is 12.0. The van der Waals surface area contributed by atoms with Gasteiger partial charge in [-0.25, -0.2) is 0 Å². The Morgan fingerprint density at radius 1 is 1.12 bits per heavy atom. The van der Waals surface area contributed by atoms with Gasteiger partial charge in [0.2, 0.25) is 5.91 Å². The molecule has 1 aliphatic heterocycles. The van der Waals surface area contributed by atoms with Crippen molar-refractivity contribution in [2.24, 2.45) is 5.73 Å². The normalized spacial score (nSPS) is 14.3. The van der Waals surface area contributed by atoms with Crippen molar-refractivity contribution in [2.45, 2.75) is 25.3 Å². The van der Waals surface area contributed by atoms with Gasteiger partial charge in [-0.3, -0.25) is 4.79 Å². The Bertz CT molecular complexity index is 672. The van der Waals surface area contributed by atoms with Gasteiger partial charge in [0, 0.05) is 37.8 Å². The van der Waals surface area contributed by atoms with Crippen LogP contribution < -0.4 is 16.0 Å². The van der Waals surface area contributed by atoms with Crippen LogP contribution in [-0.2, 0) is 11.2 Å². The van der Waals surface area contributed by atoms with Gasteiger partial charge in [-0.1, -0.05) is 48.5 Å². The van der Waals surface area contributed by atoms with Crippen LogP contribution in [0.15, 0.2) is 54.6 Å². The molecular weight excluding hydrogens is 298 g/mol. The van der Waals surface area contributed by atoms with Crippen molar-refractivity contribution in [3.63, 3.8) is 0 Å². The molecule has 2 aromatic rings. The molecule has 0 saturated heterocycles. The standard InChI is InChI=1S/C20H25N3O/c21-18(16-7-2-1-3-8-16)15-20(24)22-12-6-13-23-14-11-17-9-4-5-10-19(17)23/h1-5,7-10,18H,6,11-15,21H2,(H,22,24). The van der Waals surface area contributed by atoms with Crippen LogP contribution in [0.1, 0.15) is 30.0 Å². The minimum absolute atomic E-state index is 0.0215. The summed E-state index contributed by atoms with van der Waals surface area (Å²) >= 11 is 0. The monoisotopic (exact) mass is 323 g/mol. The highest BCUT2D eigenvalue weighted by Crippen LogP contribution is 2.27. The molecule has 1 atom stereocenters. The third-order valence-electron chi connectivity index (χ3n) is 4.54. The summed E-state index contributed by atoms with van der Waals surface area (Å²) in [7, 11) is 0. The molecule has 24 heavy (non-hydrogen) atoms. The average Bonchev–Trinajstić information content (AvgIpc) is 3.03. The fourth-order valence-electron chi connectivity index (χ4n) is 3.23. The fraction of sp³-hybridized carbons (Fsp3) is 0.350. The number of hydrogen-bond donors (Lipinski definition) is 2. The first kappa shape index (κ1) is 16.5. The molecule has 0 fully saturated rings. The van der Waals surface area contributed by atoms with Gasteiger partial charge in [0.15, 0.2) is 0 Å². The Balaban J connectivity index is 1.37. The third kappa shape index (κ3) is 4.15. The second-order valence-electron chi connectivity index (χ2n) is 6.29. The topological polar surface area (TPSA) is 58.4 Å². The average molecular weight is 323 g/mol. The van der Waals surface area contributed by atoms with Gasteiger partial charge in [-0.15, -0.1) is 0 Å². The lowest BCUT2D eigenvalue weighted by molar-refractivity contribution is -0.121. The Labute approximate surface area is 143 Å². The van der Waals surface area contributed by atoms with Crippen molar-refractivity contribution < 1.29 is 4.79 Å². The Morgan fingerprint density at radius 3 is 2.71 bits per heavy atom. The summed E-state index contributed by atoms with van der Waals surface area (Å²) < 4.78 is 0. The van der Waals surface area contributed by atoms with Crippen LogP contribution in [0.4, 0.5) is 5.69 Å². The second kappa shape index (κ2) is 7.97. The molecule has 0 bridgehead atoms. The van der Waals surface area contributed by atoms with E-state index in [0.717, 1.165) is 31.5 Å². The number of amides is 1. The van der Waals surface area contributed by atoms with Crippen molar-refractivity contribution in [1.29, 1.82) is 0 Å². The van der Waals surface area contributed by atoms with E-state index in [9.17, 15) is 4.79 Å². The van der Waals surface area contributed by atoms with Crippen LogP contribution in [0.5, 0.6) is 0 Å². The molecule has 0 spiro atoms. The molecular formula is C20H25N3O. The fourth-order valence-corrected chi connectivity index (χ4v) is 3.23. The summed E-state index contributed by atoms with van der Waals surface area (Å²) in [4.78, 5) is 14.4. The molecule has 1 amide bonds. The number of nitrogens with one attached hydrogen (secondary N) is 1. The van der Waals surface area contributed by atoms with Crippen LogP contribution in [-0.4, -0.2) is 25.5 Å². The Morgan fingerprint density at radius 2 is 1.88 bits per heavy atom. The molecule has 0 saturated carbocycles. The lowest BCUT2D eigenvalue weighted by Gasteiger charge is -2.19. The third-order valence-corrected chi connectivity index (χ3v) is 4.54. The Kier molecular flexibility index (Phi) is 5.49. The highest BCUT2D eigenvalue weighted by Gasteiger charge is 2.17. The molecule has 0 aliphatic carbocycles. The number of nitrogens with two attached hydrogens (primary N) is 1. The zero-order valence-corrected chi connectivity index (χ0v) is 13.9. The van der Waals surface area contributed by atoms with Crippen molar-refractivity contribution in [1.82, 2.24) is 5.32 Å². The van der Waals surface area contributed by atoms with Gasteiger partial charge in [0.1, 0.15) is 0 Å². The molecule has 1 unspecified atom stereocenters. The molecule has 4 heteroatoms. The first-order valence-corrected chi connectivity index (χ1v) is 8.64. The maximum absolute atomic E-state index is 12.0. The molecule has 1 heterocycles. The predicted molar refractivity (Wildman–Crippen MR) is 98.0 cm³/mol. The van der Waals surface area contributed by atoms with Crippen LogP contribution in [0.3, 0.4) is 0 Å². The van der Waals surface area contributed by atoms with E-state index in [0.29, 0.717) is 13.0 Å². The molecule has 0 radical (unpaired) electrons. The van der Waals surface area contributed by atoms with Crippen molar-refractivity contribution in [3.05, 3.63) is 65.7 Å². The second-order valence-corrected chi connectivity index (χ2v) is 6.29. The summed E-state index contributed by atoms with van der Waals surface area (Å²) in [5.74, 6) is 0.0215. The highest BCUT2D eigenvalue weighted by molar-refractivity contribution is 5.76. The van der Waals surface area contributed by atoms with Gasteiger partial charge in [0.25, 0.3) is 0 Å². The highest BCUT2D eigenvalue weighted by atomic mass is 16.1. The minimum atomic E-state index is -0.239. The number of fused-ring (bicyclic) bond motifs is 1. The van der Waals surface area contributed by atoms with Crippen LogP contribution in [0.25, 0.3) is 0 Å². The van der Waals surface area contributed by atoms with E-state index in [1.54, 1.807) is 0 Å². The van der Waals surface area contributed by atoms with Gasteiger partial charge in [-0.05, 0) is 30.0 Å². The zero-order chi connectivity index (χ0) is 16.8. The number of carbonyl (C=O) groups is 1. The largest absolute Gasteiger partial charge is 0.371 e. The predicted octanol–water partition coefficient (Wildman–Crippen LogP) is 2.65. The van der Waals surface area contributed by atoms with E-state index in [1.807, 2.05) is 30.3 Å². The number of carbonyl (C=O) groups excluding carboxylic acids is 1. The van der Waals surface area contributed by atoms with Crippen molar-refractivity contribution in [2.75, 3.05) is 24.5 Å². The van der Waals surface area contributed by atoms with E-state index in [-0.39, 0.29) is 11.9 Å². The van der Waals surface area contributed by atoms with Gasteiger partial charge >= 0.3 is 0 Å². The maximum Gasteiger partial charge on any atom is 0.221 e. The van der Waals surface area contributed by atoms with E-state index in [2.05, 4.69) is 34.5 Å². The number of hydrogen-bond acceptors (Lipinski definition) is 3. The van der Waals surface area contributed by atoms with Gasteiger partial charge < -0.3 is 16.0 Å². The molecule has 3 N–H and O–H groups in total. The molecule has 0 aromatic heterocycles. The molecule has 4 nitrogen and oxygen atoms in total. The zero-order valence-electron chi connectivity index (χ0n) is 13.9. The van der Waals surface area contributed by atoms with Crippen LogP contribution in [0.2, 0.25) is 0 Å². The smallest absolute Gasteiger partial charge is 0.221 e. The number of nitrogens with zero attached hydrogens (tertiary/aromatic N) is 1. The number of benzene rings is 2. The molecule has 1 aliphatic rings. The molecule has 2 aromatic carbocycles. The SMILES string of the molecule is NC(CC(=O)NCCCN1CCc2ccccc21)c1ccccc1. The van der Waals surface area contributed by atoms with E-state index < -0.39 is 0 Å². The first-order valence-electron chi connectivity index (χ1n) is 8.64. The summed E-state index contributed by atoms with van der Waals surface area (Å²) in [6.45, 7) is 2.74. The van der Waals surface area contributed by atoms with Crippen molar-refractivity contribution in [3.8, 4) is 0 Å². The van der Waals surface area contributed by atoms with E-state index in [4.69, 9.17) is 5.73 Å². The van der Waals surface area contributed by atoms with Gasteiger partial charge in [-0.2, -0.15) is 0 Å². The lowest BCUT2D eigenvalue weighted by atomic mass is 10.0. The van der Waals surface area contributed by atoms with E-state index >= 15 is 0 Å². The Hall–Kier alpha value is -2.33. The minimum Gasteiger partial charge on any atom is -0.371 e. The summed E-state index contributed by atoms with van der Waals surface area (Å²) in [5.41, 5.74) is 9.85. The van der Waals surface area contributed by atoms with E-state index in [1.165, 1.54) is 11.3 Å². The number of rotatable bonds is 7. The van der Waals surface area contributed by atoms with Crippen LogP contribution in [0, 0.1) is 0 Å². The quantitative estimate of drug-likeness (QED) is 0.770. The summed E-state index contributed by atoms with van der Waals surface area (Å²) in [6, 6.07) is 18.1.